The summed E-state index contributed by atoms with van der Waals surface area (Å²) in [6, 6.07) is 6.75. The van der Waals surface area contributed by atoms with Crippen molar-refractivity contribution in [3.63, 3.8) is 0 Å². The zero-order valence-corrected chi connectivity index (χ0v) is 11.0. The van der Waals surface area contributed by atoms with Gasteiger partial charge in [-0.2, -0.15) is 11.3 Å². The maximum absolute atomic E-state index is 13.7. The van der Waals surface area contributed by atoms with E-state index < -0.39 is 0 Å². The van der Waals surface area contributed by atoms with E-state index in [0.717, 1.165) is 12.0 Å². The lowest BCUT2D eigenvalue weighted by atomic mass is 10.1. The van der Waals surface area contributed by atoms with Crippen LogP contribution >= 0.6 is 11.3 Å². The normalized spacial score (nSPS) is 12.4. The Morgan fingerprint density at radius 3 is 2.83 bits per heavy atom. The van der Waals surface area contributed by atoms with Crippen LogP contribution in [-0.2, 0) is 6.42 Å². The van der Waals surface area contributed by atoms with Crippen LogP contribution in [0.15, 0.2) is 35.0 Å². The number of halogens is 1. The van der Waals surface area contributed by atoms with E-state index in [-0.39, 0.29) is 17.6 Å². The molecule has 0 fully saturated rings. The lowest BCUT2D eigenvalue weighted by Gasteiger charge is -2.10. The van der Waals surface area contributed by atoms with Crippen LogP contribution in [0.2, 0.25) is 0 Å². The molecule has 0 aliphatic rings. The van der Waals surface area contributed by atoms with Crippen molar-refractivity contribution in [1.29, 1.82) is 0 Å². The van der Waals surface area contributed by atoms with E-state index >= 15 is 0 Å². The first-order chi connectivity index (χ1) is 8.66. The summed E-state index contributed by atoms with van der Waals surface area (Å²) in [6.45, 7) is 2.30. The smallest absolute Gasteiger partial charge is 0.165 e. The summed E-state index contributed by atoms with van der Waals surface area (Å²) in [4.78, 5) is 0. The van der Waals surface area contributed by atoms with Crippen LogP contribution < -0.4 is 10.5 Å². The third kappa shape index (κ3) is 3.31. The van der Waals surface area contributed by atoms with E-state index in [2.05, 4.69) is 5.38 Å². The number of rotatable bonds is 5. The predicted molar refractivity (Wildman–Crippen MR) is 72.5 cm³/mol. The molecule has 1 aromatic heterocycles. The summed E-state index contributed by atoms with van der Waals surface area (Å²) in [5.74, 6) is -0.0650. The first-order valence-corrected chi connectivity index (χ1v) is 6.80. The van der Waals surface area contributed by atoms with Crippen molar-refractivity contribution >= 4 is 11.3 Å². The Bertz CT molecular complexity index is 497. The molecule has 18 heavy (non-hydrogen) atoms. The van der Waals surface area contributed by atoms with Crippen molar-refractivity contribution < 1.29 is 9.13 Å². The van der Waals surface area contributed by atoms with Gasteiger partial charge in [-0.1, -0.05) is 6.07 Å². The lowest BCUT2D eigenvalue weighted by molar-refractivity contribution is 0.305. The maximum Gasteiger partial charge on any atom is 0.165 e. The Hall–Kier alpha value is -1.39. The van der Waals surface area contributed by atoms with Crippen molar-refractivity contribution in [2.75, 3.05) is 6.61 Å². The van der Waals surface area contributed by atoms with Crippen molar-refractivity contribution in [1.82, 2.24) is 0 Å². The molecule has 0 bridgehead atoms. The van der Waals surface area contributed by atoms with E-state index in [0.29, 0.717) is 6.61 Å². The van der Waals surface area contributed by atoms with Gasteiger partial charge < -0.3 is 10.5 Å². The van der Waals surface area contributed by atoms with Crippen molar-refractivity contribution in [3.05, 3.63) is 52.0 Å². The average Bonchev–Trinajstić information content (AvgIpc) is 2.84. The van der Waals surface area contributed by atoms with E-state index in [1.807, 2.05) is 18.4 Å². The molecule has 2 rings (SSSR count). The molecule has 0 aliphatic carbocycles. The molecule has 1 aromatic carbocycles. The highest BCUT2D eigenvalue weighted by Crippen LogP contribution is 2.21. The molecule has 0 saturated heterocycles. The molecular formula is C14H16FNOS. The van der Waals surface area contributed by atoms with Crippen LogP contribution in [0, 0.1) is 5.82 Å². The first-order valence-electron chi connectivity index (χ1n) is 5.85. The number of nitrogens with two attached hydrogens (primary N) is 1. The van der Waals surface area contributed by atoms with E-state index in [1.165, 1.54) is 11.6 Å². The van der Waals surface area contributed by atoms with Gasteiger partial charge in [0.25, 0.3) is 0 Å². The van der Waals surface area contributed by atoms with Crippen LogP contribution in [0.1, 0.15) is 24.1 Å². The van der Waals surface area contributed by atoms with Crippen molar-refractivity contribution in [3.8, 4) is 5.75 Å². The number of hydrogen-bond donors (Lipinski definition) is 1. The fraction of sp³-hybridized carbons (Fsp3) is 0.286. The predicted octanol–water partition coefficient (Wildman–Crippen LogP) is 3.53. The summed E-state index contributed by atoms with van der Waals surface area (Å²) >= 11 is 1.65. The van der Waals surface area contributed by atoms with E-state index in [9.17, 15) is 4.39 Å². The molecule has 96 valence electrons. The molecule has 0 amide bonds. The van der Waals surface area contributed by atoms with E-state index in [1.54, 1.807) is 23.5 Å². The van der Waals surface area contributed by atoms with E-state index in [4.69, 9.17) is 10.5 Å². The molecule has 2 nitrogen and oxygen atoms in total. The second-order valence-corrected chi connectivity index (χ2v) is 4.99. The minimum Gasteiger partial charge on any atom is -0.490 e. The van der Waals surface area contributed by atoms with Gasteiger partial charge in [0.15, 0.2) is 11.6 Å². The fourth-order valence-corrected chi connectivity index (χ4v) is 2.33. The largest absolute Gasteiger partial charge is 0.490 e. The molecule has 0 unspecified atom stereocenters. The maximum atomic E-state index is 13.7. The third-order valence-electron chi connectivity index (χ3n) is 2.71. The van der Waals surface area contributed by atoms with Gasteiger partial charge in [0.05, 0.1) is 6.61 Å². The molecule has 0 radical (unpaired) electrons. The monoisotopic (exact) mass is 265 g/mol. The van der Waals surface area contributed by atoms with Crippen LogP contribution in [0.4, 0.5) is 4.39 Å². The Labute approximate surface area is 110 Å². The summed E-state index contributed by atoms with van der Waals surface area (Å²) < 4.78 is 19.1. The van der Waals surface area contributed by atoms with Crippen LogP contribution in [0.5, 0.6) is 5.75 Å². The highest BCUT2D eigenvalue weighted by molar-refractivity contribution is 7.07. The SMILES string of the molecule is C[C@H](N)c1ccc(OCCc2ccsc2)c(F)c1. The molecule has 4 heteroatoms. The zero-order valence-electron chi connectivity index (χ0n) is 10.2. The molecule has 0 saturated carbocycles. The standard InChI is InChI=1S/C14H16FNOS/c1-10(16)12-2-3-14(13(15)8-12)17-6-4-11-5-7-18-9-11/h2-3,5,7-10H,4,6,16H2,1H3/t10-/m0/s1. The van der Waals surface area contributed by atoms with Gasteiger partial charge in [-0.3, -0.25) is 0 Å². The first kappa shape index (κ1) is 13.1. The van der Waals surface area contributed by atoms with Gasteiger partial charge >= 0.3 is 0 Å². The molecule has 1 heterocycles. The molecule has 0 aliphatic heterocycles. The van der Waals surface area contributed by atoms with Gasteiger partial charge in [0.2, 0.25) is 0 Å². The van der Waals surface area contributed by atoms with Gasteiger partial charge in [0.1, 0.15) is 0 Å². The Morgan fingerprint density at radius 2 is 2.22 bits per heavy atom. The molecule has 0 spiro atoms. The van der Waals surface area contributed by atoms with Gasteiger partial charge in [0, 0.05) is 12.5 Å². The minimum absolute atomic E-state index is 0.167. The lowest BCUT2D eigenvalue weighted by Crippen LogP contribution is -2.06. The second kappa shape index (κ2) is 5.98. The van der Waals surface area contributed by atoms with Gasteiger partial charge in [-0.15, -0.1) is 0 Å². The quantitative estimate of drug-likeness (QED) is 0.897. The Morgan fingerprint density at radius 1 is 1.39 bits per heavy atom. The minimum atomic E-state index is -0.352. The summed E-state index contributed by atoms with van der Waals surface area (Å²) in [5, 5.41) is 4.09. The zero-order chi connectivity index (χ0) is 13.0. The summed E-state index contributed by atoms with van der Waals surface area (Å²) in [6.07, 6.45) is 0.790. The third-order valence-corrected chi connectivity index (χ3v) is 3.44. The van der Waals surface area contributed by atoms with Gasteiger partial charge in [-0.25, -0.2) is 4.39 Å². The number of hydrogen-bond acceptors (Lipinski definition) is 3. The van der Waals surface area contributed by atoms with Crippen molar-refractivity contribution in [2.45, 2.75) is 19.4 Å². The number of thiophene rings is 1. The fourth-order valence-electron chi connectivity index (χ4n) is 1.63. The molecule has 2 aromatic rings. The number of benzene rings is 1. The highest BCUT2D eigenvalue weighted by atomic mass is 32.1. The molecule has 1 atom stereocenters. The number of ether oxygens (including phenoxy) is 1. The van der Waals surface area contributed by atoms with Gasteiger partial charge in [-0.05, 0) is 47.0 Å². The topological polar surface area (TPSA) is 35.2 Å². The van der Waals surface area contributed by atoms with Crippen LogP contribution in [-0.4, -0.2) is 6.61 Å². The Kier molecular flexibility index (Phi) is 4.33. The highest BCUT2D eigenvalue weighted by Gasteiger charge is 2.07. The van der Waals surface area contributed by atoms with Crippen LogP contribution in [0.3, 0.4) is 0 Å². The average molecular weight is 265 g/mol. The molecule has 2 N–H and O–H groups in total. The summed E-state index contributed by atoms with van der Waals surface area (Å²) in [7, 11) is 0. The van der Waals surface area contributed by atoms with Crippen LogP contribution in [0.25, 0.3) is 0 Å². The second-order valence-electron chi connectivity index (χ2n) is 4.21. The Balaban J connectivity index is 1.93. The summed E-state index contributed by atoms with van der Waals surface area (Å²) in [5.41, 5.74) is 7.68. The van der Waals surface area contributed by atoms with Crippen molar-refractivity contribution in [2.24, 2.45) is 5.73 Å². The molecular weight excluding hydrogens is 249 g/mol.